The number of carboxylic acids is 1. The number of thioether (sulfide) groups is 1. The fourth-order valence-electron chi connectivity index (χ4n) is 5.42. The van der Waals surface area contributed by atoms with E-state index in [1.165, 1.54) is 17.8 Å². The van der Waals surface area contributed by atoms with Gasteiger partial charge in [-0.2, -0.15) is 9.36 Å². The van der Waals surface area contributed by atoms with Crippen molar-refractivity contribution in [1.29, 1.82) is 0 Å². The number of aliphatic carboxylic acids is 1. The van der Waals surface area contributed by atoms with Gasteiger partial charge < -0.3 is 49.5 Å². The molecule has 4 amide bonds. The molecular formula is C28H29N8NaO11S2. The second-order valence-electron chi connectivity index (χ2n) is 10.9. The Morgan fingerprint density at radius 1 is 1.26 bits per heavy atom. The van der Waals surface area contributed by atoms with Gasteiger partial charge in [0.2, 0.25) is 17.4 Å². The summed E-state index contributed by atoms with van der Waals surface area (Å²) in [6.07, 6.45) is 2.25. The van der Waals surface area contributed by atoms with Gasteiger partial charge in [0.25, 0.3) is 11.8 Å². The Balaban J connectivity index is 0.000000222. The number of ether oxygens (including phenoxy) is 1. The maximum absolute atomic E-state index is 12.3. The Labute approximate surface area is 313 Å². The smallest absolute Gasteiger partial charge is 0.543 e. The van der Waals surface area contributed by atoms with Gasteiger partial charge >= 0.3 is 41.5 Å². The quantitative estimate of drug-likeness (QED) is 0.0580. The molecule has 6 rings (SSSR count). The number of aryl methyl sites for hydroxylation is 1. The summed E-state index contributed by atoms with van der Waals surface area (Å²) in [5.41, 5.74) is 5.65. The van der Waals surface area contributed by atoms with Crippen LogP contribution in [0.1, 0.15) is 30.2 Å². The number of β-lactam (4-membered cyclic amide) rings is 1. The first-order valence-electron chi connectivity index (χ1n) is 14.5. The average molecular weight is 741 g/mol. The molecule has 2 aromatic rings. The number of hydrogen-bond acceptors (Lipinski definition) is 17. The number of nitrogens with one attached hydrogen (secondary N) is 1. The summed E-state index contributed by atoms with van der Waals surface area (Å²) in [4.78, 5) is 79.0. The Kier molecular flexibility index (Phi) is 12.3. The van der Waals surface area contributed by atoms with Crippen molar-refractivity contribution in [3.63, 3.8) is 0 Å². The van der Waals surface area contributed by atoms with Gasteiger partial charge in [-0.05, 0) is 25.3 Å². The average Bonchev–Trinajstić information content (AvgIpc) is 3.87. The number of oxime groups is 1. The summed E-state index contributed by atoms with van der Waals surface area (Å²) in [5.74, 6) is -3.26. The monoisotopic (exact) mass is 740 g/mol. The zero-order chi connectivity index (χ0) is 35.6. The molecule has 22 heteroatoms. The standard InChI is InChI=1S/C15H18N2O6.C13H12N6O5S2.Na/c1-9-3-6-17(13(9)18)11-4-5-16(7-11)14(19)21-8-12-10(2)22-15(20)23-12;1-2-4-3-25-11-6(10(21)19(11)7(4)12(22)23)15-9(20)5(17-24)8-16-13(14)26-18-8;/h11H,1,3-8H2,2H3;2,6,11,24H,1,3H2,(H,15,20)(H,22,23)(H2,14,16,18);/q;;+1/p-1/b;17-5-;/t11-;6-,11-;/m11./s1. The molecule has 50 heavy (non-hydrogen) atoms. The van der Waals surface area contributed by atoms with Crippen LogP contribution in [-0.2, 0) is 30.5 Å². The van der Waals surface area contributed by atoms with Crippen LogP contribution in [0.2, 0.25) is 0 Å². The first-order valence-corrected chi connectivity index (χ1v) is 16.3. The maximum atomic E-state index is 12.3. The maximum Gasteiger partial charge on any atom is 1.00 e. The van der Waals surface area contributed by atoms with Crippen molar-refractivity contribution in [3.05, 3.63) is 64.0 Å². The molecule has 3 atom stereocenters. The summed E-state index contributed by atoms with van der Waals surface area (Å²) in [7, 11) is 0. The number of anilines is 1. The number of amides is 4. The van der Waals surface area contributed by atoms with Gasteiger partial charge in [0, 0.05) is 42.5 Å². The molecular weight excluding hydrogens is 711 g/mol. The van der Waals surface area contributed by atoms with E-state index in [4.69, 9.17) is 24.5 Å². The van der Waals surface area contributed by atoms with Crippen LogP contribution >= 0.6 is 23.3 Å². The van der Waals surface area contributed by atoms with E-state index in [9.17, 15) is 33.9 Å². The Morgan fingerprint density at radius 2 is 2.00 bits per heavy atom. The van der Waals surface area contributed by atoms with Gasteiger partial charge in [0.05, 0.1) is 17.7 Å². The van der Waals surface area contributed by atoms with E-state index in [2.05, 4.69) is 33.0 Å². The summed E-state index contributed by atoms with van der Waals surface area (Å²) in [6, 6.07) is -0.996. The third kappa shape index (κ3) is 7.80. The van der Waals surface area contributed by atoms with E-state index in [1.54, 1.807) is 16.7 Å². The zero-order valence-electron chi connectivity index (χ0n) is 26.8. The molecule has 6 heterocycles. The molecule has 0 saturated carbocycles. The van der Waals surface area contributed by atoms with Crippen molar-refractivity contribution >= 4 is 63.9 Å². The number of likely N-dealkylation sites (tertiary alicyclic amines) is 2. The van der Waals surface area contributed by atoms with Crippen molar-refractivity contribution in [1.82, 2.24) is 29.4 Å². The van der Waals surface area contributed by atoms with Crippen LogP contribution in [0.4, 0.5) is 9.93 Å². The van der Waals surface area contributed by atoms with Crippen LogP contribution in [0.3, 0.4) is 0 Å². The molecule has 0 spiro atoms. The van der Waals surface area contributed by atoms with Gasteiger partial charge in [-0.3, -0.25) is 19.3 Å². The van der Waals surface area contributed by atoms with Gasteiger partial charge in [-0.25, -0.2) is 9.59 Å². The van der Waals surface area contributed by atoms with Crippen molar-refractivity contribution in [2.45, 2.75) is 43.8 Å². The number of nitrogens with zero attached hydrogens (tertiary/aromatic N) is 6. The fourth-order valence-corrected chi connectivity index (χ4v) is 7.20. The van der Waals surface area contributed by atoms with Crippen LogP contribution in [0.25, 0.3) is 0 Å². The normalized spacial score (nSPS) is 21.5. The number of carbonyl (C=O) groups is 5. The zero-order valence-corrected chi connectivity index (χ0v) is 30.4. The number of rotatable bonds is 8. The summed E-state index contributed by atoms with van der Waals surface area (Å²) in [5, 5.41) is 25.1. The van der Waals surface area contributed by atoms with E-state index in [1.807, 2.05) is 0 Å². The largest absolute Gasteiger partial charge is 1.00 e. The van der Waals surface area contributed by atoms with E-state index in [0.29, 0.717) is 55.1 Å². The third-order valence-electron chi connectivity index (χ3n) is 7.94. The van der Waals surface area contributed by atoms with Crippen LogP contribution in [-0.4, -0.2) is 108 Å². The first kappa shape index (κ1) is 38.4. The SMILES string of the molecule is C=C1CCN([C@@H]2CCN(C(=O)OCc3oc(=O)oc3C)C2)C1=O.C=CC1=C(C(=O)[O-])N2C(=O)[C@@H](NC(=O)/C(=N\O)c3nsc(N)n3)[C@H]2SC1.[Na+]. The molecule has 3 saturated heterocycles. The number of fused-ring (bicyclic) bond motifs is 1. The van der Waals surface area contributed by atoms with Crippen LogP contribution in [0.5, 0.6) is 0 Å². The number of aromatic nitrogens is 2. The minimum Gasteiger partial charge on any atom is -0.543 e. The molecule has 19 nitrogen and oxygen atoms in total. The fraction of sp³-hybridized carbons (Fsp3) is 0.393. The van der Waals surface area contributed by atoms with E-state index in [0.717, 1.165) is 16.4 Å². The minimum absolute atomic E-state index is 0. The topological polar surface area (TPSA) is 267 Å². The van der Waals surface area contributed by atoms with Crippen molar-refractivity contribution in [2.75, 3.05) is 31.1 Å². The molecule has 0 aromatic carbocycles. The number of carboxylic acid groups (broad SMARTS) is 1. The predicted octanol–water partition coefficient (Wildman–Crippen LogP) is -4.07. The molecule has 2 aromatic heterocycles. The molecule has 0 unspecified atom stereocenters. The molecule has 4 N–H and O–H groups in total. The van der Waals surface area contributed by atoms with Gasteiger partial charge in [0.1, 0.15) is 11.4 Å². The van der Waals surface area contributed by atoms with Gasteiger partial charge in [0.15, 0.2) is 23.3 Å². The van der Waals surface area contributed by atoms with Crippen molar-refractivity contribution in [3.8, 4) is 0 Å². The molecule has 260 valence electrons. The number of hydrogen-bond donors (Lipinski definition) is 3. The van der Waals surface area contributed by atoms with E-state index >= 15 is 0 Å². The predicted molar refractivity (Wildman–Crippen MR) is 168 cm³/mol. The van der Waals surface area contributed by atoms with Crippen LogP contribution in [0.15, 0.2) is 54.9 Å². The van der Waals surface area contributed by atoms with Crippen LogP contribution in [0, 0.1) is 6.92 Å². The Morgan fingerprint density at radius 3 is 2.56 bits per heavy atom. The molecule has 0 bridgehead atoms. The van der Waals surface area contributed by atoms with Crippen LogP contribution < -0.4 is 51.5 Å². The Hall–Kier alpha value is -4.44. The second kappa shape index (κ2) is 16.1. The van der Waals surface area contributed by atoms with Crippen molar-refractivity contribution < 1.29 is 77.4 Å². The second-order valence-corrected chi connectivity index (χ2v) is 12.7. The number of nitrogen functional groups attached to an aromatic ring is 1. The Bertz CT molecular complexity index is 1850. The number of allylic oxidation sites excluding steroid dienone is 1. The summed E-state index contributed by atoms with van der Waals surface area (Å²) < 4.78 is 18.4. The van der Waals surface area contributed by atoms with Crippen molar-refractivity contribution in [2.24, 2.45) is 5.16 Å². The number of carbonyl (C=O) groups excluding carboxylic acids is 5. The number of nitrogens with two attached hydrogens (primary N) is 1. The third-order valence-corrected chi connectivity index (χ3v) is 9.78. The molecule has 4 aliphatic rings. The minimum atomic E-state index is -1.50. The summed E-state index contributed by atoms with van der Waals surface area (Å²) >= 11 is 2.07. The molecule has 0 aliphatic carbocycles. The summed E-state index contributed by atoms with van der Waals surface area (Å²) in [6.45, 7) is 10.3. The van der Waals surface area contributed by atoms with E-state index < -0.39 is 46.8 Å². The molecule has 3 fully saturated rings. The molecule has 4 aliphatic heterocycles. The van der Waals surface area contributed by atoms with Gasteiger partial charge in [-0.15, -0.1) is 11.8 Å². The van der Waals surface area contributed by atoms with Gasteiger partial charge in [-0.1, -0.05) is 24.4 Å². The first-order chi connectivity index (χ1) is 23.3. The molecule has 0 radical (unpaired) electrons. The van der Waals surface area contributed by atoms with E-state index in [-0.39, 0.29) is 70.5 Å².